The highest BCUT2D eigenvalue weighted by molar-refractivity contribution is 7.89. The van der Waals surface area contributed by atoms with Gasteiger partial charge in [0.05, 0.1) is 4.90 Å². The molecule has 0 unspecified atom stereocenters. The predicted molar refractivity (Wildman–Crippen MR) is 122 cm³/mol. The number of sulfonamides is 1. The van der Waals surface area contributed by atoms with E-state index >= 15 is 0 Å². The number of carbonyl (C=O) groups excluding carboxylic acids is 2. The molecule has 2 amide bonds. The summed E-state index contributed by atoms with van der Waals surface area (Å²) in [6.45, 7) is 8.03. The summed E-state index contributed by atoms with van der Waals surface area (Å²) in [6.07, 6.45) is 6.55. The third-order valence-electron chi connectivity index (χ3n) is 5.88. The summed E-state index contributed by atoms with van der Waals surface area (Å²) < 4.78 is 26.9. The smallest absolute Gasteiger partial charge is 0.251 e. The number of hydrogen-bond donors (Lipinski definition) is 2. The van der Waals surface area contributed by atoms with Crippen molar-refractivity contribution in [3.8, 4) is 0 Å². The Morgan fingerprint density at radius 2 is 1.68 bits per heavy atom. The van der Waals surface area contributed by atoms with E-state index in [2.05, 4.69) is 10.6 Å². The topological polar surface area (TPSA) is 95.6 Å². The largest absolute Gasteiger partial charge is 0.352 e. The lowest BCUT2D eigenvalue weighted by molar-refractivity contribution is -0.124. The molecule has 0 bridgehead atoms. The zero-order valence-electron chi connectivity index (χ0n) is 19.2. The summed E-state index contributed by atoms with van der Waals surface area (Å²) in [6, 6.07) is 5.46. The molecule has 0 saturated heterocycles. The molecule has 0 heterocycles. The first-order chi connectivity index (χ1) is 14.7. The van der Waals surface area contributed by atoms with Crippen molar-refractivity contribution in [2.24, 2.45) is 5.92 Å². The van der Waals surface area contributed by atoms with Gasteiger partial charge in [-0.2, -0.15) is 4.31 Å². The van der Waals surface area contributed by atoms with Crippen LogP contribution in [0.25, 0.3) is 0 Å². The molecule has 1 atom stereocenters. The van der Waals surface area contributed by atoms with E-state index in [1.165, 1.54) is 29.3 Å². The fourth-order valence-electron chi connectivity index (χ4n) is 3.98. The maximum atomic E-state index is 12.9. The molecule has 1 saturated carbocycles. The van der Waals surface area contributed by atoms with E-state index in [-0.39, 0.29) is 28.3 Å². The summed E-state index contributed by atoms with van der Waals surface area (Å²) in [5, 5.41) is 5.92. The van der Waals surface area contributed by atoms with Crippen molar-refractivity contribution in [2.75, 3.05) is 13.1 Å². The average Bonchev–Trinajstić information content (AvgIpc) is 3.01. The lowest BCUT2D eigenvalue weighted by Gasteiger charge is -2.25. The van der Waals surface area contributed by atoms with Crippen LogP contribution in [0, 0.1) is 5.92 Å². The highest BCUT2D eigenvalue weighted by Crippen LogP contribution is 2.19. The van der Waals surface area contributed by atoms with Crippen LogP contribution in [0.1, 0.15) is 76.6 Å². The van der Waals surface area contributed by atoms with E-state index in [1.54, 1.807) is 26.0 Å². The fourth-order valence-corrected chi connectivity index (χ4v) is 5.49. The predicted octanol–water partition coefficient (Wildman–Crippen LogP) is 3.31. The Bertz CT molecular complexity index is 842. The normalized spacial score (nSPS) is 16.7. The number of nitrogens with one attached hydrogen (secondary N) is 2. The molecule has 31 heavy (non-hydrogen) atoms. The van der Waals surface area contributed by atoms with Crippen molar-refractivity contribution < 1.29 is 18.0 Å². The first-order valence-electron chi connectivity index (χ1n) is 11.4. The second-order valence-corrected chi connectivity index (χ2v) is 10.4. The monoisotopic (exact) mass is 451 g/mol. The highest BCUT2D eigenvalue weighted by atomic mass is 32.2. The molecular weight excluding hydrogens is 414 g/mol. The Labute approximate surface area is 187 Å². The van der Waals surface area contributed by atoms with Gasteiger partial charge in [0.25, 0.3) is 5.91 Å². The Morgan fingerprint density at radius 3 is 2.23 bits per heavy atom. The van der Waals surface area contributed by atoms with Gasteiger partial charge in [0, 0.05) is 24.7 Å². The molecule has 1 aliphatic rings. The van der Waals surface area contributed by atoms with Gasteiger partial charge < -0.3 is 10.6 Å². The van der Waals surface area contributed by atoms with Crippen LogP contribution in [0.5, 0.6) is 0 Å². The van der Waals surface area contributed by atoms with Crippen molar-refractivity contribution in [1.29, 1.82) is 0 Å². The minimum Gasteiger partial charge on any atom is -0.352 e. The number of amides is 2. The molecule has 0 aromatic heterocycles. The molecule has 0 spiro atoms. The Morgan fingerprint density at radius 1 is 1.06 bits per heavy atom. The molecule has 0 radical (unpaired) electrons. The molecule has 8 heteroatoms. The van der Waals surface area contributed by atoms with Crippen molar-refractivity contribution >= 4 is 21.8 Å². The molecule has 2 N–H and O–H groups in total. The first kappa shape index (κ1) is 25.3. The zero-order valence-corrected chi connectivity index (χ0v) is 20.0. The second-order valence-electron chi connectivity index (χ2n) is 8.51. The molecule has 2 rings (SSSR count). The molecule has 0 aliphatic heterocycles. The van der Waals surface area contributed by atoms with E-state index < -0.39 is 22.0 Å². The van der Waals surface area contributed by atoms with Crippen molar-refractivity contribution in [1.82, 2.24) is 14.9 Å². The van der Waals surface area contributed by atoms with Crippen LogP contribution < -0.4 is 10.6 Å². The zero-order chi connectivity index (χ0) is 23.0. The van der Waals surface area contributed by atoms with Crippen LogP contribution in [-0.2, 0) is 14.8 Å². The van der Waals surface area contributed by atoms with Gasteiger partial charge in [-0.15, -0.1) is 0 Å². The summed E-state index contributed by atoms with van der Waals surface area (Å²) in [5.74, 6) is -0.731. The van der Waals surface area contributed by atoms with Gasteiger partial charge in [-0.05, 0) is 37.0 Å². The lowest BCUT2D eigenvalue weighted by Crippen LogP contribution is -2.52. The number of hydrogen-bond acceptors (Lipinski definition) is 4. The van der Waals surface area contributed by atoms with Gasteiger partial charge in [0.2, 0.25) is 15.9 Å². The van der Waals surface area contributed by atoms with Gasteiger partial charge in [-0.1, -0.05) is 59.4 Å². The Hall–Kier alpha value is -1.93. The van der Waals surface area contributed by atoms with Crippen LogP contribution in [-0.4, -0.2) is 49.7 Å². The molecule has 1 aromatic carbocycles. The molecule has 1 fully saturated rings. The second kappa shape index (κ2) is 11.6. The van der Waals surface area contributed by atoms with Crippen LogP contribution in [0.15, 0.2) is 29.2 Å². The summed E-state index contributed by atoms with van der Waals surface area (Å²) in [4.78, 5) is 25.9. The Kier molecular flexibility index (Phi) is 9.50. The van der Waals surface area contributed by atoms with E-state index in [0.29, 0.717) is 13.1 Å². The van der Waals surface area contributed by atoms with Crippen LogP contribution in [0.4, 0.5) is 0 Å². The van der Waals surface area contributed by atoms with E-state index in [9.17, 15) is 18.0 Å². The highest BCUT2D eigenvalue weighted by Gasteiger charge is 2.28. The minimum absolute atomic E-state index is 0.0767. The molecular formula is C23H37N3O4S. The standard InChI is InChI=1S/C23H37N3O4S/c1-5-26(6-2)31(29,30)20-15-11-12-18(16-20)22(27)25-21(17(3)4)23(28)24-19-13-9-7-8-10-14-19/h11-12,15-17,19,21H,5-10,13-14H2,1-4H3,(H,24,28)(H,25,27)/t21-/m0/s1. The van der Waals surface area contributed by atoms with Crippen molar-refractivity contribution in [3.05, 3.63) is 29.8 Å². The van der Waals surface area contributed by atoms with Crippen LogP contribution in [0.3, 0.4) is 0 Å². The summed E-state index contributed by atoms with van der Waals surface area (Å²) in [7, 11) is -3.67. The van der Waals surface area contributed by atoms with Crippen molar-refractivity contribution in [3.63, 3.8) is 0 Å². The van der Waals surface area contributed by atoms with Crippen molar-refractivity contribution in [2.45, 2.75) is 83.2 Å². The maximum Gasteiger partial charge on any atom is 0.251 e. The minimum atomic E-state index is -3.67. The Balaban J connectivity index is 2.14. The molecule has 7 nitrogen and oxygen atoms in total. The number of benzene rings is 1. The number of nitrogens with zero attached hydrogens (tertiary/aromatic N) is 1. The summed E-state index contributed by atoms with van der Waals surface area (Å²) >= 11 is 0. The molecule has 1 aromatic rings. The SMILES string of the molecule is CCN(CC)S(=O)(=O)c1cccc(C(=O)N[C@H](C(=O)NC2CCCCCC2)C(C)C)c1. The fraction of sp³-hybridized carbons (Fsp3) is 0.652. The van der Waals surface area contributed by atoms with Gasteiger partial charge in [-0.25, -0.2) is 8.42 Å². The third kappa shape index (κ3) is 6.77. The van der Waals surface area contributed by atoms with Crippen LogP contribution >= 0.6 is 0 Å². The van der Waals surface area contributed by atoms with Gasteiger partial charge in [0.15, 0.2) is 0 Å². The third-order valence-corrected chi connectivity index (χ3v) is 7.92. The van der Waals surface area contributed by atoms with Gasteiger partial charge in [0.1, 0.15) is 6.04 Å². The average molecular weight is 452 g/mol. The van der Waals surface area contributed by atoms with Gasteiger partial charge in [-0.3, -0.25) is 9.59 Å². The quantitative estimate of drug-likeness (QED) is 0.563. The number of rotatable bonds is 9. The summed E-state index contributed by atoms with van der Waals surface area (Å²) in [5.41, 5.74) is 0.223. The first-order valence-corrected chi connectivity index (χ1v) is 12.9. The van der Waals surface area contributed by atoms with Crippen LogP contribution in [0.2, 0.25) is 0 Å². The lowest BCUT2D eigenvalue weighted by atomic mass is 10.0. The number of carbonyl (C=O) groups is 2. The van der Waals surface area contributed by atoms with E-state index in [1.807, 2.05) is 13.8 Å². The van der Waals surface area contributed by atoms with E-state index in [4.69, 9.17) is 0 Å². The molecule has 174 valence electrons. The molecule has 1 aliphatic carbocycles. The maximum absolute atomic E-state index is 12.9. The van der Waals surface area contributed by atoms with Gasteiger partial charge >= 0.3 is 0 Å². The van der Waals surface area contributed by atoms with E-state index in [0.717, 1.165) is 25.7 Å².